The first-order valence-corrected chi connectivity index (χ1v) is 9.63. The summed E-state index contributed by atoms with van der Waals surface area (Å²) >= 11 is 0. The summed E-state index contributed by atoms with van der Waals surface area (Å²) in [4.78, 5) is 28.8. The Hall–Kier alpha value is -2.50. The monoisotopic (exact) mass is 372 g/mol. The lowest BCUT2D eigenvalue weighted by Crippen LogP contribution is -2.50. The fourth-order valence-corrected chi connectivity index (χ4v) is 3.44. The zero-order chi connectivity index (χ0) is 19.6. The lowest BCUT2D eigenvalue weighted by Gasteiger charge is -2.34. The standard InChI is InChI=1S/C21H28N2O4/c1-5-26-16-6-7-18-17(13-16)15(4)20(27-18)21(25)23-10-8-22(9-11-23)19(24)12-14(2)3/h6-7,13-14H,5,8-12H2,1-4H3. The lowest BCUT2D eigenvalue weighted by atomic mass is 10.1. The van der Waals surface area contributed by atoms with Crippen molar-refractivity contribution in [3.63, 3.8) is 0 Å². The summed E-state index contributed by atoms with van der Waals surface area (Å²) in [5.74, 6) is 1.54. The number of amides is 2. The zero-order valence-electron chi connectivity index (χ0n) is 16.6. The quantitative estimate of drug-likeness (QED) is 0.806. The molecule has 0 saturated carbocycles. The molecule has 2 amide bonds. The van der Waals surface area contributed by atoms with Crippen LogP contribution in [0.5, 0.6) is 5.75 Å². The Balaban J connectivity index is 1.71. The number of aryl methyl sites for hydroxylation is 1. The minimum Gasteiger partial charge on any atom is -0.494 e. The number of carbonyl (C=O) groups is 2. The normalized spacial score (nSPS) is 14.9. The van der Waals surface area contributed by atoms with Crippen LogP contribution < -0.4 is 4.74 Å². The molecule has 0 spiro atoms. The molecule has 146 valence electrons. The predicted molar refractivity (Wildman–Crippen MR) is 104 cm³/mol. The van der Waals surface area contributed by atoms with Crippen LogP contribution >= 0.6 is 0 Å². The SMILES string of the molecule is CCOc1ccc2oc(C(=O)N3CCN(C(=O)CC(C)C)CC3)c(C)c2c1. The van der Waals surface area contributed by atoms with E-state index in [1.807, 2.05) is 50.8 Å². The van der Waals surface area contributed by atoms with Crippen molar-refractivity contribution in [2.24, 2.45) is 5.92 Å². The molecular weight excluding hydrogens is 344 g/mol. The van der Waals surface area contributed by atoms with E-state index < -0.39 is 0 Å². The molecule has 1 aromatic carbocycles. The molecule has 6 heteroatoms. The molecule has 1 aliphatic rings. The third kappa shape index (κ3) is 4.10. The van der Waals surface area contributed by atoms with E-state index in [9.17, 15) is 9.59 Å². The molecule has 0 aliphatic carbocycles. The molecule has 0 bridgehead atoms. The van der Waals surface area contributed by atoms with Crippen LogP contribution in [0.2, 0.25) is 0 Å². The Morgan fingerprint density at radius 3 is 2.44 bits per heavy atom. The van der Waals surface area contributed by atoms with Crippen LogP contribution in [0.3, 0.4) is 0 Å². The van der Waals surface area contributed by atoms with E-state index in [4.69, 9.17) is 9.15 Å². The van der Waals surface area contributed by atoms with Crippen molar-refractivity contribution in [3.05, 3.63) is 29.5 Å². The van der Waals surface area contributed by atoms with Crippen LogP contribution in [0.25, 0.3) is 11.0 Å². The number of piperazine rings is 1. The molecule has 0 radical (unpaired) electrons. The van der Waals surface area contributed by atoms with E-state index >= 15 is 0 Å². The Kier molecular flexibility index (Phi) is 5.73. The highest BCUT2D eigenvalue weighted by Crippen LogP contribution is 2.30. The number of carbonyl (C=O) groups excluding carboxylic acids is 2. The molecule has 3 rings (SSSR count). The molecule has 2 heterocycles. The Morgan fingerprint density at radius 2 is 1.81 bits per heavy atom. The van der Waals surface area contributed by atoms with Crippen LogP contribution in [0.15, 0.2) is 22.6 Å². The molecule has 1 aromatic heterocycles. The third-order valence-corrected chi connectivity index (χ3v) is 4.92. The van der Waals surface area contributed by atoms with Gasteiger partial charge in [0, 0.05) is 43.5 Å². The average Bonchev–Trinajstić information content (AvgIpc) is 2.97. The largest absolute Gasteiger partial charge is 0.494 e. The van der Waals surface area contributed by atoms with Crippen molar-refractivity contribution < 1.29 is 18.7 Å². The maximum Gasteiger partial charge on any atom is 0.290 e. The Labute approximate surface area is 160 Å². The molecule has 1 aliphatic heterocycles. The Morgan fingerprint density at radius 1 is 1.15 bits per heavy atom. The van der Waals surface area contributed by atoms with Gasteiger partial charge in [-0.2, -0.15) is 0 Å². The van der Waals surface area contributed by atoms with Crippen LogP contribution in [0, 0.1) is 12.8 Å². The van der Waals surface area contributed by atoms with E-state index in [1.54, 1.807) is 4.90 Å². The van der Waals surface area contributed by atoms with Gasteiger partial charge in [-0.25, -0.2) is 0 Å². The summed E-state index contributed by atoms with van der Waals surface area (Å²) in [6.07, 6.45) is 0.554. The van der Waals surface area contributed by atoms with Crippen LogP contribution in [-0.2, 0) is 4.79 Å². The molecule has 1 saturated heterocycles. The molecular formula is C21H28N2O4. The van der Waals surface area contributed by atoms with Gasteiger partial charge in [-0.3, -0.25) is 9.59 Å². The smallest absolute Gasteiger partial charge is 0.290 e. The van der Waals surface area contributed by atoms with Gasteiger partial charge in [0.05, 0.1) is 6.61 Å². The van der Waals surface area contributed by atoms with Gasteiger partial charge >= 0.3 is 0 Å². The predicted octanol–water partition coefficient (Wildman–Crippen LogP) is 3.47. The van der Waals surface area contributed by atoms with E-state index in [1.165, 1.54) is 0 Å². The molecule has 0 atom stereocenters. The van der Waals surface area contributed by atoms with Crippen molar-refractivity contribution in [1.82, 2.24) is 9.80 Å². The summed E-state index contributed by atoms with van der Waals surface area (Å²) < 4.78 is 11.4. The minimum absolute atomic E-state index is 0.113. The van der Waals surface area contributed by atoms with Gasteiger partial charge in [0.15, 0.2) is 5.76 Å². The fraction of sp³-hybridized carbons (Fsp3) is 0.524. The molecule has 6 nitrogen and oxygen atoms in total. The van der Waals surface area contributed by atoms with Gasteiger partial charge in [-0.15, -0.1) is 0 Å². The number of nitrogens with zero attached hydrogens (tertiary/aromatic N) is 2. The lowest BCUT2D eigenvalue weighted by molar-refractivity contribution is -0.133. The number of ether oxygens (including phenoxy) is 1. The van der Waals surface area contributed by atoms with Crippen molar-refractivity contribution in [2.75, 3.05) is 32.8 Å². The zero-order valence-corrected chi connectivity index (χ0v) is 16.6. The van der Waals surface area contributed by atoms with Crippen LogP contribution in [0.1, 0.15) is 43.3 Å². The second-order valence-corrected chi connectivity index (χ2v) is 7.42. The third-order valence-electron chi connectivity index (χ3n) is 4.92. The molecule has 2 aromatic rings. The summed E-state index contributed by atoms with van der Waals surface area (Å²) in [5.41, 5.74) is 1.51. The van der Waals surface area contributed by atoms with E-state index in [-0.39, 0.29) is 11.8 Å². The van der Waals surface area contributed by atoms with Crippen molar-refractivity contribution in [3.8, 4) is 5.75 Å². The average molecular weight is 372 g/mol. The van der Waals surface area contributed by atoms with Crippen molar-refractivity contribution in [1.29, 1.82) is 0 Å². The van der Waals surface area contributed by atoms with Gasteiger partial charge < -0.3 is 19.0 Å². The van der Waals surface area contributed by atoms with Gasteiger partial charge in [-0.1, -0.05) is 13.8 Å². The number of furan rings is 1. The fourth-order valence-electron chi connectivity index (χ4n) is 3.44. The van der Waals surface area contributed by atoms with Gasteiger partial charge in [0.2, 0.25) is 5.91 Å². The number of rotatable bonds is 5. The highest BCUT2D eigenvalue weighted by molar-refractivity contribution is 5.99. The first kappa shape index (κ1) is 19.3. The minimum atomic E-state index is -0.113. The second-order valence-electron chi connectivity index (χ2n) is 7.42. The molecule has 0 unspecified atom stereocenters. The maximum atomic E-state index is 13.0. The molecule has 0 N–H and O–H groups in total. The number of fused-ring (bicyclic) bond motifs is 1. The van der Waals surface area contributed by atoms with Crippen molar-refractivity contribution >= 4 is 22.8 Å². The van der Waals surface area contributed by atoms with Gasteiger partial charge in [0.25, 0.3) is 5.91 Å². The summed E-state index contributed by atoms with van der Waals surface area (Å²) in [6, 6.07) is 5.60. The maximum absolute atomic E-state index is 13.0. The number of hydrogen-bond donors (Lipinski definition) is 0. The molecule has 1 fully saturated rings. The van der Waals surface area contributed by atoms with E-state index in [0.717, 1.165) is 16.7 Å². The molecule has 27 heavy (non-hydrogen) atoms. The first-order valence-electron chi connectivity index (χ1n) is 9.63. The first-order chi connectivity index (χ1) is 12.9. The van der Waals surface area contributed by atoms with Crippen molar-refractivity contribution in [2.45, 2.75) is 34.1 Å². The van der Waals surface area contributed by atoms with Gasteiger partial charge in [0.1, 0.15) is 11.3 Å². The highest BCUT2D eigenvalue weighted by Gasteiger charge is 2.28. The van der Waals surface area contributed by atoms with Crippen LogP contribution in [-0.4, -0.2) is 54.4 Å². The van der Waals surface area contributed by atoms with Crippen LogP contribution in [0.4, 0.5) is 0 Å². The van der Waals surface area contributed by atoms with E-state index in [2.05, 4.69) is 0 Å². The highest BCUT2D eigenvalue weighted by atomic mass is 16.5. The second kappa shape index (κ2) is 8.03. The topological polar surface area (TPSA) is 63.0 Å². The number of hydrogen-bond acceptors (Lipinski definition) is 4. The summed E-state index contributed by atoms with van der Waals surface area (Å²) in [5, 5.41) is 0.898. The van der Waals surface area contributed by atoms with E-state index in [0.29, 0.717) is 56.5 Å². The summed E-state index contributed by atoms with van der Waals surface area (Å²) in [6.45, 7) is 10.7. The van der Waals surface area contributed by atoms with Gasteiger partial charge in [-0.05, 0) is 38.0 Å². The number of benzene rings is 1. The Bertz CT molecular complexity index is 832. The summed E-state index contributed by atoms with van der Waals surface area (Å²) in [7, 11) is 0.